The van der Waals surface area contributed by atoms with E-state index in [0.29, 0.717) is 16.8 Å². The number of aromatic nitrogens is 1. The van der Waals surface area contributed by atoms with Gasteiger partial charge in [-0.1, -0.05) is 48.2 Å². The molecule has 4 aromatic rings. The van der Waals surface area contributed by atoms with Gasteiger partial charge in [-0.05, 0) is 74.1 Å². The van der Waals surface area contributed by atoms with Crippen molar-refractivity contribution in [3.8, 4) is 11.3 Å². The Morgan fingerprint density at radius 1 is 0.889 bits per heavy atom. The summed E-state index contributed by atoms with van der Waals surface area (Å²) < 4.78 is 14.3. The molecular formula is C28H24FN3O3S. The van der Waals surface area contributed by atoms with Crippen molar-refractivity contribution in [2.75, 3.05) is 12.4 Å². The second-order valence-corrected chi connectivity index (χ2v) is 9.17. The summed E-state index contributed by atoms with van der Waals surface area (Å²) in [5, 5.41) is 5.44. The quantitative estimate of drug-likeness (QED) is 0.371. The van der Waals surface area contributed by atoms with Gasteiger partial charge in [0.05, 0.1) is 11.7 Å². The van der Waals surface area contributed by atoms with E-state index in [-0.39, 0.29) is 11.5 Å². The number of nitrogens with zero attached hydrogens (tertiary/aromatic N) is 1. The fourth-order valence-electron chi connectivity index (χ4n) is 3.50. The minimum atomic E-state index is -0.630. The molecule has 1 unspecified atom stereocenters. The summed E-state index contributed by atoms with van der Waals surface area (Å²) in [6, 6.07) is 24.7. The molecule has 1 aromatic heterocycles. The molecule has 0 bridgehead atoms. The second-order valence-electron chi connectivity index (χ2n) is 8.03. The molecule has 0 saturated heterocycles. The Kier molecular flexibility index (Phi) is 7.77. The molecule has 182 valence electrons. The van der Waals surface area contributed by atoms with Crippen molar-refractivity contribution in [1.82, 2.24) is 9.88 Å². The fourth-order valence-corrected chi connectivity index (χ4v) is 4.38. The Morgan fingerprint density at radius 2 is 1.61 bits per heavy atom. The molecule has 0 fully saturated rings. The van der Waals surface area contributed by atoms with Crippen LogP contribution in [0.3, 0.4) is 0 Å². The number of hydrogen-bond acceptors (Lipinski definition) is 5. The monoisotopic (exact) mass is 501 g/mol. The molecule has 6 nitrogen and oxygen atoms in total. The lowest BCUT2D eigenvalue weighted by Gasteiger charge is -2.16. The van der Waals surface area contributed by atoms with Gasteiger partial charge in [0.1, 0.15) is 11.5 Å². The summed E-state index contributed by atoms with van der Waals surface area (Å²) >= 11 is 1.37. The number of halogens is 1. The highest BCUT2D eigenvalue weighted by atomic mass is 32.2. The maximum Gasteiger partial charge on any atom is 0.281 e. The van der Waals surface area contributed by atoms with Gasteiger partial charge in [-0.3, -0.25) is 14.4 Å². The number of carbonyl (C=O) groups excluding carboxylic acids is 2. The topological polar surface area (TPSA) is 80.2 Å². The summed E-state index contributed by atoms with van der Waals surface area (Å²) in [5.74, 6) is -1.25. The van der Waals surface area contributed by atoms with E-state index in [9.17, 15) is 18.8 Å². The number of pyridine rings is 1. The first kappa shape index (κ1) is 25.1. The van der Waals surface area contributed by atoms with Crippen LogP contribution in [0, 0.1) is 5.82 Å². The number of hydrogen-bond donors (Lipinski definition) is 2. The molecule has 0 saturated carbocycles. The molecule has 1 amide bonds. The predicted molar refractivity (Wildman–Crippen MR) is 140 cm³/mol. The third-order valence-corrected chi connectivity index (χ3v) is 6.57. The van der Waals surface area contributed by atoms with Gasteiger partial charge in [0.15, 0.2) is 0 Å². The first-order valence-electron chi connectivity index (χ1n) is 11.2. The zero-order valence-electron chi connectivity index (χ0n) is 19.7. The fraction of sp³-hybridized carbons (Fsp3) is 0.107. The van der Waals surface area contributed by atoms with Gasteiger partial charge in [0.25, 0.3) is 11.5 Å². The predicted octanol–water partition coefficient (Wildman–Crippen LogP) is 5.04. The number of rotatable bonds is 7. The number of anilines is 1. The minimum Gasteiger partial charge on any atom is -0.320 e. The van der Waals surface area contributed by atoms with E-state index in [4.69, 9.17) is 0 Å². The molecule has 0 aliphatic rings. The van der Waals surface area contributed by atoms with Crippen molar-refractivity contribution in [2.45, 2.75) is 22.8 Å². The molecule has 3 aromatic carbocycles. The number of carbonyl (C=O) groups is 2. The summed E-state index contributed by atoms with van der Waals surface area (Å²) in [6.07, 6.45) is 0. The molecule has 0 radical (unpaired) electrons. The first-order valence-corrected chi connectivity index (χ1v) is 12.1. The van der Waals surface area contributed by atoms with Crippen LogP contribution in [0.5, 0.6) is 0 Å². The van der Waals surface area contributed by atoms with Gasteiger partial charge in [0, 0.05) is 15.4 Å². The van der Waals surface area contributed by atoms with E-state index in [1.165, 1.54) is 30.0 Å². The number of likely N-dealkylation sites (N-methyl/N-ethyl adjacent to an activating group) is 1. The normalized spacial score (nSPS) is 11.6. The van der Waals surface area contributed by atoms with E-state index >= 15 is 0 Å². The smallest absolute Gasteiger partial charge is 0.281 e. The Morgan fingerprint density at radius 3 is 2.31 bits per heavy atom. The van der Waals surface area contributed by atoms with E-state index in [1.54, 1.807) is 62.5 Å². The van der Waals surface area contributed by atoms with Crippen LogP contribution in [0.2, 0.25) is 0 Å². The Bertz CT molecular complexity index is 1450. The molecule has 4 rings (SSSR count). The van der Waals surface area contributed by atoms with Crippen molar-refractivity contribution in [1.29, 1.82) is 0 Å². The molecular weight excluding hydrogens is 477 g/mol. The van der Waals surface area contributed by atoms with Gasteiger partial charge in [-0.2, -0.15) is 0 Å². The molecule has 0 aliphatic heterocycles. The number of nitrogens with one attached hydrogen (secondary N) is 2. The van der Waals surface area contributed by atoms with Crippen molar-refractivity contribution in [3.05, 3.63) is 113 Å². The maximum absolute atomic E-state index is 13.7. The summed E-state index contributed by atoms with van der Waals surface area (Å²) in [6.45, 7) is 1.67. The van der Waals surface area contributed by atoms with Gasteiger partial charge < -0.3 is 10.6 Å². The van der Waals surface area contributed by atoms with Crippen molar-refractivity contribution in [2.24, 2.45) is 0 Å². The molecule has 0 aliphatic carbocycles. The molecule has 36 heavy (non-hydrogen) atoms. The van der Waals surface area contributed by atoms with E-state index in [0.717, 1.165) is 14.4 Å². The third kappa shape index (κ3) is 5.62. The lowest BCUT2D eigenvalue weighted by atomic mass is 10.1. The van der Waals surface area contributed by atoms with E-state index in [1.807, 2.05) is 24.3 Å². The van der Waals surface area contributed by atoms with Crippen LogP contribution in [0.15, 0.2) is 106 Å². The molecule has 1 heterocycles. The maximum atomic E-state index is 13.7. The van der Waals surface area contributed by atoms with Gasteiger partial charge in [-0.25, -0.2) is 8.96 Å². The highest BCUT2D eigenvalue weighted by Gasteiger charge is 2.20. The Hall–Kier alpha value is -4.01. The van der Waals surface area contributed by atoms with Crippen LogP contribution in [0.1, 0.15) is 17.3 Å². The summed E-state index contributed by atoms with van der Waals surface area (Å²) in [7, 11) is 1.64. The van der Waals surface area contributed by atoms with Crippen LogP contribution in [0.25, 0.3) is 11.3 Å². The van der Waals surface area contributed by atoms with Crippen molar-refractivity contribution in [3.63, 3.8) is 0 Å². The summed E-state index contributed by atoms with van der Waals surface area (Å²) in [5.41, 5.74) is 0.762. The van der Waals surface area contributed by atoms with E-state index < -0.39 is 23.4 Å². The van der Waals surface area contributed by atoms with Crippen LogP contribution in [-0.2, 0) is 4.79 Å². The average Bonchev–Trinajstić information content (AvgIpc) is 2.90. The average molecular weight is 502 g/mol. The molecule has 8 heteroatoms. The van der Waals surface area contributed by atoms with Crippen molar-refractivity contribution < 1.29 is 14.0 Å². The highest BCUT2D eigenvalue weighted by molar-refractivity contribution is 7.99. The molecule has 0 spiro atoms. The largest absolute Gasteiger partial charge is 0.320 e. The minimum absolute atomic E-state index is 0.00646. The highest BCUT2D eigenvalue weighted by Crippen LogP contribution is 2.29. The third-order valence-electron chi connectivity index (χ3n) is 5.57. The Balaban J connectivity index is 1.76. The second kappa shape index (κ2) is 11.2. The lowest BCUT2D eigenvalue weighted by Crippen LogP contribution is -2.38. The number of benzene rings is 3. The van der Waals surface area contributed by atoms with Crippen LogP contribution < -0.4 is 16.2 Å². The zero-order chi connectivity index (χ0) is 25.7. The standard InChI is InChI=1S/C28H24FN3O3S/c1-18(30-2)26(33)31-24-15-16-25(19-7-4-3-5-8-19)32(28(24)35)27(34)20-9-6-10-23(17-20)36-22-13-11-21(29)12-14-22/h3-18,30H,1-2H3,(H,31,33). The Labute approximate surface area is 212 Å². The van der Waals surface area contributed by atoms with Gasteiger partial charge in [-0.15, -0.1) is 0 Å². The van der Waals surface area contributed by atoms with Gasteiger partial charge in [0.2, 0.25) is 5.91 Å². The first-order chi connectivity index (χ1) is 17.4. The van der Waals surface area contributed by atoms with Crippen LogP contribution in [0.4, 0.5) is 10.1 Å². The van der Waals surface area contributed by atoms with Crippen LogP contribution in [-0.4, -0.2) is 29.5 Å². The zero-order valence-corrected chi connectivity index (χ0v) is 20.5. The SMILES string of the molecule is CNC(C)C(=O)Nc1ccc(-c2ccccc2)n(C(=O)c2cccc(Sc3ccc(F)cc3)c2)c1=O. The lowest BCUT2D eigenvalue weighted by molar-refractivity contribution is -0.117. The van der Waals surface area contributed by atoms with Crippen LogP contribution >= 0.6 is 11.8 Å². The van der Waals surface area contributed by atoms with Gasteiger partial charge >= 0.3 is 0 Å². The molecule has 2 N–H and O–H groups in total. The summed E-state index contributed by atoms with van der Waals surface area (Å²) in [4.78, 5) is 41.2. The van der Waals surface area contributed by atoms with E-state index in [2.05, 4.69) is 10.6 Å². The van der Waals surface area contributed by atoms with Crippen molar-refractivity contribution >= 4 is 29.3 Å². The number of amides is 1. The molecule has 1 atom stereocenters.